The molecule has 1 aliphatic heterocycles. The second-order valence-electron chi connectivity index (χ2n) is 3.33. The van der Waals surface area contributed by atoms with Crippen LogP contribution < -0.4 is 0 Å². The molecule has 0 radical (unpaired) electrons. The van der Waals surface area contributed by atoms with Crippen LogP contribution in [0.2, 0.25) is 0 Å². The second-order valence-corrected chi connectivity index (χ2v) is 3.71. The number of piperazine rings is 1. The SMILES string of the molecule is CN(C)N1CCN(CCCl)CC1. The van der Waals surface area contributed by atoms with Gasteiger partial charge in [-0.3, -0.25) is 4.90 Å². The molecule has 1 fully saturated rings. The number of hydrogen-bond acceptors (Lipinski definition) is 3. The van der Waals surface area contributed by atoms with Gasteiger partial charge in [-0.15, -0.1) is 11.6 Å². The summed E-state index contributed by atoms with van der Waals surface area (Å²) in [5.74, 6) is 0.752. The van der Waals surface area contributed by atoms with Gasteiger partial charge in [0.1, 0.15) is 0 Å². The molecule has 12 heavy (non-hydrogen) atoms. The zero-order chi connectivity index (χ0) is 8.97. The molecule has 0 spiro atoms. The lowest BCUT2D eigenvalue weighted by Crippen LogP contribution is -2.51. The lowest BCUT2D eigenvalue weighted by Gasteiger charge is -2.37. The predicted molar refractivity (Wildman–Crippen MR) is 52.4 cm³/mol. The van der Waals surface area contributed by atoms with Gasteiger partial charge < -0.3 is 0 Å². The Morgan fingerprint density at radius 3 is 2.17 bits per heavy atom. The first-order valence-corrected chi connectivity index (χ1v) is 4.98. The van der Waals surface area contributed by atoms with E-state index in [1.165, 1.54) is 0 Å². The molecular weight excluding hydrogens is 174 g/mol. The molecule has 1 aliphatic rings. The van der Waals surface area contributed by atoms with Crippen LogP contribution in [0.3, 0.4) is 0 Å². The normalized spacial score (nSPS) is 22.0. The first-order chi connectivity index (χ1) is 5.74. The van der Waals surface area contributed by atoms with Crippen LogP contribution in [-0.4, -0.2) is 67.6 Å². The van der Waals surface area contributed by atoms with E-state index in [0.717, 1.165) is 38.6 Å². The summed E-state index contributed by atoms with van der Waals surface area (Å²) in [4.78, 5) is 2.41. The first kappa shape index (κ1) is 10.3. The van der Waals surface area contributed by atoms with Crippen LogP contribution in [0.4, 0.5) is 0 Å². The summed E-state index contributed by atoms with van der Waals surface area (Å²) in [5, 5.41) is 4.52. The van der Waals surface area contributed by atoms with E-state index in [4.69, 9.17) is 11.6 Å². The average Bonchev–Trinajstić information content (AvgIpc) is 2.06. The van der Waals surface area contributed by atoms with Gasteiger partial charge in [0.05, 0.1) is 0 Å². The van der Waals surface area contributed by atoms with Crippen molar-refractivity contribution in [3.05, 3.63) is 0 Å². The van der Waals surface area contributed by atoms with E-state index >= 15 is 0 Å². The second kappa shape index (κ2) is 5.02. The molecule has 0 bridgehead atoms. The summed E-state index contributed by atoms with van der Waals surface area (Å²) in [5.41, 5.74) is 0. The highest BCUT2D eigenvalue weighted by molar-refractivity contribution is 6.18. The van der Waals surface area contributed by atoms with E-state index in [0.29, 0.717) is 0 Å². The Morgan fingerprint density at radius 2 is 1.75 bits per heavy atom. The molecule has 0 saturated carbocycles. The van der Waals surface area contributed by atoms with Crippen LogP contribution in [0.5, 0.6) is 0 Å². The fourth-order valence-electron chi connectivity index (χ4n) is 1.48. The number of hydrogen-bond donors (Lipinski definition) is 0. The minimum atomic E-state index is 0.752. The Hall–Kier alpha value is 0.170. The molecule has 0 aromatic heterocycles. The monoisotopic (exact) mass is 191 g/mol. The van der Waals surface area contributed by atoms with E-state index in [2.05, 4.69) is 29.0 Å². The molecule has 72 valence electrons. The van der Waals surface area contributed by atoms with Gasteiger partial charge in [-0.05, 0) is 0 Å². The van der Waals surface area contributed by atoms with Crippen molar-refractivity contribution in [2.24, 2.45) is 0 Å². The third kappa shape index (κ3) is 2.90. The molecule has 1 rings (SSSR count). The van der Waals surface area contributed by atoms with Crippen LogP contribution in [0.15, 0.2) is 0 Å². The molecular formula is C8H18ClN3. The molecule has 0 unspecified atom stereocenters. The molecule has 0 amide bonds. The van der Waals surface area contributed by atoms with Crippen LogP contribution in [-0.2, 0) is 0 Å². The maximum absolute atomic E-state index is 5.67. The summed E-state index contributed by atoms with van der Waals surface area (Å²) >= 11 is 5.67. The highest BCUT2D eigenvalue weighted by Gasteiger charge is 2.16. The minimum absolute atomic E-state index is 0.752. The van der Waals surface area contributed by atoms with Crippen molar-refractivity contribution in [1.82, 2.24) is 14.9 Å². The molecule has 0 aromatic carbocycles. The Labute approximate surface area is 79.8 Å². The Balaban J connectivity index is 2.20. The number of nitrogens with zero attached hydrogens (tertiary/aromatic N) is 3. The summed E-state index contributed by atoms with van der Waals surface area (Å²) in [7, 11) is 4.19. The standard InChI is InChI=1S/C8H18ClN3/c1-10(2)12-7-5-11(4-3-9)6-8-12/h3-8H2,1-2H3. The van der Waals surface area contributed by atoms with Gasteiger partial charge >= 0.3 is 0 Å². The van der Waals surface area contributed by atoms with Crippen LogP contribution >= 0.6 is 11.6 Å². The van der Waals surface area contributed by atoms with E-state index in [1.54, 1.807) is 0 Å². The molecule has 4 heteroatoms. The van der Waals surface area contributed by atoms with Crippen molar-refractivity contribution in [2.75, 3.05) is 52.7 Å². The summed E-state index contributed by atoms with van der Waals surface area (Å²) in [6.07, 6.45) is 0. The van der Waals surface area contributed by atoms with E-state index in [9.17, 15) is 0 Å². The number of halogens is 1. The quantitative estimate of drug-likeness (QED) is 0.595. The largest absolute Gasteiger partial charge is 0.299 e. The van der Waals surface area contributed by atoms with Crippen LogP contribution in [0.25, 0.3) is 0 Å². The van der Waals surface area contributed by atoms with Gasteiger partial charge in [0.2, 0.25) is 0 Å². The third-order valence-corrected chi connectivity index (χ3v) is 2.48. The van der Waals surface area contributed by atoms with Gasteiger partial charge in [0.25, 0.3) is 0 Å². The lowest BCUT2D eigenvalue weighted by atomic mass is 10.3. The fourth-order valence-corrected chi connectivity index (χ4v) is 1.72. The number of alkyl halides is 1. The van der Waals surface area contributed by atoms with Gasteiger partial charge in [0, 0.05) is 52.7 Å². The van der Waals surface area contributed by atoms with Gasteiger partial charge in [-0.1, -0.05) is 0 Å². The molecule has 0 aromatic rings. The van der Waals surface area contributed by atoms with Crippen molar-refractivity contribution >= 4 is 11.6 Å². The van der Waals surface area contributed by atoms with E-state index < -0.39 is 0 Å². The Morgan fingerprint density at radius 1 is 1.17 bits per heavy atom. The number of rotatable bonds is 3. The predicted octanol–water partition coefficient (Wildman–Crippen LogP) is 0.319. The van der Waals surface area contributed by atoms with Crippen LogP contribution in [0, 0.1) is 0 Å². The summed E-state index contributed by atoms with van der Waals surface area (Å²) in [6.45, 7) is 5.58. The van der Waals surface area contributed by atoms with Gasteiger partial charge in [-0.25, -0.2) is 10.0 Å². The smallest absolute Gasteiger partial charge is 0.0351 e. The van der Waals surface area contributed by atoms with Gasteiger partial charge in [-0.2, -0.15) is 0 Å². The Kier molecular flexibility index (Phi) is 4.29. The minimum Gasteiger partial charge on any atom is -0.299 e. The van der Waals surface area contributed by atoms with Crippen molar-refractivity contribution in [3.8, 4) is 0 Å². The van der Waals surface area contributed by atoms with E-state index in [-0.39, 0.29) is 0 Å². The van der Waals surface area contributed by atoms with Crippen LogP contribution in [0.1, 0.15) is 0 Å². The van der Waals surface area contributed by atoms with Crippen molar-refractivity contribution < 1.29 is 0 Å². The topological polar surface area (TPSA) is 9.72 Å². The zero-order valence-corrected chi connectivity index (χ0v) is 8.72. The van der Waals surface area contributed by atoms with Crippen molar-refractivity contribution in [2.45, 2.75) is 0 Å². The molecule has 1 saturated heterocycles. The molecule has 3 nitrogen and oxygen atoms in total. The highest BCUT2D eigenvalue weighted by atomic mass is 35.5. The molecule has 0 N–H and O–H groups in total. The van der Waals surface area contributed by atoms with E-state index in [1.807, 2.05) is 0 Å². The summed E-state index contributed by atoms with van der Waals surface area (Å²) in [6, 6.07) is 0. The number of hydrazine groups is 1. The van der Waals surface area contributed by atoms with Crippen molar-refractivity contribution in [1.29, 1.82) is 0 Å². The molecule has 1 heterocycles. The van der Waals surface area contributed by atoms with Gasteiger partial charge in [0.15, 0.2) is 0 Å². The lowest BCUT2D eigenvalue weighted by molar-refractivity contribution is -0.0172. The molecule has 0 atom stereocenters. The summed E-state index contributed by atoms with van der Waals surface area (Å²) < 4.78 is 0. The maximum atomic E-state index is 5.67. The Bertz CT molecular complexity index is 121. The van der Waals surface area contributed by atoms with Crippen molar-refractivity contribution in [3.63, 3.8) is 0 Å². The molecule has 0 aliphatic carbocycles. The highest BCUT2D eigenvalue weighted by Crippen LogP contribution is 2.02. The average molecular weight is 192 g/mol. The fraction of sp³-hybridized carbons (Fsp3) is 1.00. The first-order valence-electron chi connectivity index (χ1n) is 4.44. The zero-order valence-electron chi connectivity index (χ0n) is 7.96. The third-order valence-electron chi connectivity index (χ3n) is 2.32. The maximum Gasteiger partial charge on any atom is 0.0351 e.